The largest absolute Gasteiger partial charge is 0.497 e. The molecule has 0 amide bonds. The Hall–Kier alpha value is -2.36. The molecule has 3 aromatic rings. The van der Waals surface area contributed by atoms with Gasteiger partial charge in [-0.1, -0.05) is 48.5 Å². The summed E-state index contributed by atoms with van der Waals surface area (Å²) in [6.07, 6.45) is 0. The van der Waals surface area contributed by atoms with Crippen molar-refractivity contribution in [2.45, 2.75) is 13.2 Å². The smallest absolute Gasteiger partial charge is 0.119 e. The van der Waals surface area contributed by atoms with Crippen LogP contribution in [-0.2, 0) is 13.2 Å². The van der Waals surface area contributed by atoms with Crippen molar-refractivity contribution in [1.29, 1.82) is 0 Å². The van der Waals surface area contributed by atoms with E-state index < -0.39 is 0 Å². The van der Waals surface area contributed by atoms with Crippen LogP contribution in [0, 0.1) is 0 Å². The number of methoxy groups -OCH3 is 1. The minimum atomic E-state index is 0.0667. The average Bonchev–Trinajstić information content (AvgIpc) is 2.61. The van der Waals surface area contributed by atoms with Crippen molar-refractivity contribution >= 4 is 10.8 Å². The van der Waals surface area contributed by atoms with Crippen molar-refractivity contribution in [2.75, 3.05) is 7.11 Å². The summed E-state index contributed by atoms with van der Waals surface area (Å²) in [6, 6.07) is 21.5. The quantitative estimate of drug-likeness (QED) is 0.777. The molecule has 0 bridgehead atoms. The molecule has 0 aliphatic carbocycles. The fourth-order valence-corrected chi connectivity index (χ4v) is 2.11. The van der Waals surface area contributed by atoms with E-state index in [1.165, 1.54) is 10.8 Å². The van der Waals surface area contributed by atoms with Crippen LogP contribution in [0.15, 0.2) is 66.7 Å². The average molecular weight is 296 g/mol. The molecule has 3 nitrogen and oxygen atoms in total. The van der Waals surface area contributed by atoms with Gasteiger partial charge in [0, 0.05) is 0 Å². The lowest BCUT2D eigenvalue weighted by Gasteiger charge is -1.99. The van der Waals surface area contributed by atoms with E-state index in [-0.39, 0.29) is 13.2 Å². The first-order valence-electron chi connectivity index (χ1n) is 7.09. The third-order valence-corrected chi connectivity index (χ3v) is 3.31. The molecule has 3 heteroatoms. The fourth-order valence-electron chi connectivity index (χ4n) is 2.11. The molecule has 0 aliphatic heterocycles. The Morgan fingerprint density at radius 1 is 0.727 bits per heavy atom. The highest BCUT2D eigenvalue weighted by Crippen LogP contribution is 2.15. The SMILES string of the molecule is COc1cccc(CO)c1.OCc1ccc2ccccc2c1. The highest BCUT2D eigenvalue weighted by atomic mass is 16.5. The van der Waals surface area contributed by atoms with E-state index in [1.807, 2.05) is 48.5 Å². The van der Waals surface area contributed by atoms with Gasteiger partial charge in [0.2, 0.25) is 0 Å². The van der Waals surface area contributed by atoms with Gasteiger partial charge in [0.05, 0.1) is 20.3 Å². The summed E-state index contributed by atoms with van der Waals surface area (Å²) in [4.78, 5) is 0. The van der Waals surface area contributed by atoms with Gasteiger partial charge in [-0.2, -0.15) is 0 Å². The number of hydrogen-bond acceptors (Lipinski definition) is 3. The number of aliphatic hydroxyl groups excluding tert-OH is 2. The van der Waals surface area contributed by atoms with E-state index >= 15 is 0 Å². The van der Waals surface area contributed by atoms with Crippen molar-refractivity contribution in [3.8, 4) is 5.75 Å². The molecule has 3 aromatic carbocycles. The van der Waals surface area contributed by atoms with Gasteiger partial charge in [-0.15, -0.1) is 0 Å². The van der Waals surface area contributed by atoms with Crippen LogP contribution in [-0.4, -0.2) is 17.3 Å². The maximum absolute atomic E-state index is 8.90. The van der Waals surface area contributed by atoms with E-state index in [4.69, 9.17) is 14.9 Å². The zero-order valence-corrected chi connectivity index (χ0v) is 12.6. The number of hydrogen-bond donors (Lipinski definition) is 2. The molecular weight excluding hydrogens is 276 g/mol. The van der Waals surface area contributed by atoms with Gasteiger partial charge >= 0.3 is 0 Å². The predicted molar refractivity (Wildman–Crippen MR) is 88.8 cm³/mol. The predicted octanol–water partition coefficient (Wildman–Crippen LogP) is 3.52. The zero-order valence-electron chi connectivity index (χ0n) is 12.6. The molecule has 0 fully saturated rings. The number of benzene rings is 3. The van der Waals surface area contributed by atoms with Crippen LogP contribution in [0.5, 0.6) is 5.75 Å². The van der Waals surface area contributed by atoms with Gasteiger partial charge in [0.15, 0.2) is 0 Å². The lowest BCUT2D eigenvalue weighted by Crippen LogP contribution is -1.85. The Morgan fingerprint density at radius 2 is 1.41 bits per heavy atom. The molecule has 0 unspecified atom stereocenters. The van der Waals surface area contributed by atoms with Gasteiger partial charge in [-0.3, -0.25) is 0 Å². The van der Waals surface area contributed by atoms with Crippen LogP contribution in [0.4, 0.5) is 0 Å². The van der Waals surface area contributed by atoms with Crippen molar-refractivity contribution < 1.29 is 14.9 Å². The van der Waals surface area contributed by atoms with Gasteiger partial charge in [-0.05, 0) is 40.1 Å². The summed E-state index contributed by atoms with van der Waals surface area (Å²) >= 11 is 0. The topological polar surface area (TPSA) is 49.7 Å². The first-order chi connectivity index (χ1) is 10.8. The number of rotatable bonds is 3. The van der Waals surface area contributed by atoms with Crippen LogP contribution in [0.3, 0.4) is 0 Å². The van der Waals surface area contributed by atoms with E-state index in [0.717, 1.165) is 16.9 Å². The Bertz CT molecular complexity index is 703. The van der Waals surface area contributed by atoms with Gasteiger partial charge < -0.3 is 14.9 Å². The Balaban J connectivity index is 0.000000164. The molecular formula is C19H20O3. The molecule has 0 saturated carbocycles. The van der Waals surface area contributed by atoms with E-state index in [1.54, 1.807) is 13.2 Å². The normalized spacial score (nSPS) is 9.95. The zero-order chi connectivity index (χ0) is 15.8. The monoisotopic (exact) mass is 296 g/mol. The van der Waals surface area contributed by atoms with Crippen molar-refractivity contribution in [1.82, 2.24) is 0 Å². The molecule has 0 aromatic heterocycles. The number of aliphatic hydroxyl groups is 2. The molecule has 0 atom stereocenters. The van der Waals surface area contributed by atoms with E-state index in [0.29, 0.717) is 0 Å². The van der Waals surface area contributed by atoms with Crippen LogP contribution in [0.1, 0.15) is 11.1 Å². The van der Waals surface area contributed by atoms with Crippen molar-refractivity contribution in [3.05, 3.63) is 77.9 Å². The Kier molecular flexibility index (Phi) is 5.95. The van der Waals surface area contributed by atoms with Gasteiger partial charge in [-0.25, -0.2) is 0 Å². The molecule has 0 saturated heterocycles. The lowest BCUT2D eigenvalue weighted by molar-refractivity contribution is 0.281. The van der Waals surface area contributed by atoms with Crippen molar-refractivity contribution in [3.63, 3.8) is 0 Å². The summed E-state index contributed by atoms with van der Waals surface area (Å²) in [5, 5.41) is 20.0. The molecule has 2 N–H and O–H groups in total. The Morgan fingerprint density at radius 3 is 2.09 bits per heavy atom. The molecule has 114 valence electrons. The molecule has 22 heavy (non-hydrogen) atoms. The maximum Gasteiger partial charge on any atom is 0.119 e. The second-order valence-electron chi connectivity index (χ2n) is 4.85. The minimum absolute atomic E-state index is 0.0667. The summed E-state index contributed by atoms with van der Waals surface area (Å²) in [5.74, 6) is 0.784. The lowest BCUT2D eigenvalue weighted by atomic mass is 10.1. The molecule has 0 spiro atoms. The third-order valence-electron chi connectivity index (χ3n) is 3.31. The van der Waals surface area contributed by atoms with Gasteiger partial charge in [0.25, 0.3) is 0 Å². The fraction of sp³-hybridized carbons (Fsp3) is 0.158. The summed E-state index contributed by atoms with van der Waals surface area (Å²) in [7, 11) is 1.61. The van der Waals surface area contributed by atoms with Crippen molar-refractivity contribution in [2.24, 2.45) is 0 Å². The summed E-state index contributed by atoms with van der Waals surface area (Å²) in [6.45, 7) is 0.183. The second kappa shape index (κ2) is 8.17. The Labute approximate surface area is 130 Å². The second-order valence-corrected chi connectivity index (χ2v) is 4.85. The first kappa shape index (κ1) is 16.0. The minimum Gasteiger partial charge on any atom is -0.497 e. The molecule has 0 heterocycles. The highest BCUT2D eigenvalue weighted by molar-refractivity contribution is 5.82. The molecule has 0 aliphatic rings. The number of fused-ring (bicyclic) bond motifs is 1. The molecule has 3 rings (SSSR count). The molecule has 0 radical (unpaired) electrons. The number of ether oxygens (including phenoxy) is 1. The van der Waals surface area contributed by atoms with Crippen LogP contribution in [0.25, 0.3) is 10.8 Å². The first-order valence-corrected chi connectivity index (χ1v) is 7.09. The van der Waals surface area contributed by atoms with E-state index in [9.17, 15) is 0 Å². The van der Waals surface area contributed by atoms with Crippen LogP contribution in [0.2, 0.25) is 0 Å². The highest BCUT2D eigenvalue weighted by Gasteiger charge is 1.93. The summed E-state index contributed by atoms with van der Waals surface area (Å²) in [5.41, 5.74) is 1.84. The van der Waals surface area contributed by atoms with Crippen LogP contribution >= 0.6 is 0 Å². The van der Waals surface area contributed by atoms with E-state index in [2.05, 4.69) is 12.1 Å². The van der Waals surface area contributed by atoms with Gasteiger partial charge in [0.1, 0.15) is 5.75 Å². The third kappa shape index (κ3) is 4.32. The standard InChI is InChI=1S/C11H10O.C8H10O2/c12-8-9-5-6-10-3-1-2-4-11(10)7-9;1-10-8-4-2-3-7(5-8)6-9/h1-7,12H,8H2;2-5,9H,6H2,1H3. The summed E-state index contributed by atoms with van der Waals surface area (Å²) < 4.78 is 4.95. The van der Waals surface area contributed by atoms with Crippen LogP contribution < -0.4 is 4.74 Å². The maximum atomic E-state index is 8.90.